The van der Waals surface area contributed by atoms with Gasteiger partial charge in [0.2, 0.25) is 0 Å². The Morgan fingerprint density at radius 2 is 1.93 bits per heavy atom. The summed E-state index contributed by atoms with van der Waals surface area (Å²) in [5.74, 6) is 0. The number of aromatic nitrogens is 5. The number of ether oxygens (including phenoxy) is 1. The number of rotatable bonds is 6. The Balaban J connectivity index is 1.61. The lowest BCUT2D eigenvalue weighted by atomic mass is 10.0. The third-order valence-corrected chi connectivity index (χ3v) is 5.82. The molecular formula is C20H18BrN5O2S. The lowest BCUT2D eigenvalue weighted by Crippen LogP contribution is -2.23. The summed E-state index contributed by atoms with van der Waals surface area (Å²) < 4.78 is 9.52. The van der Waals surface area contributed by atoms with Crippen molar-refractivity contribution in [2.45, 2.75) is 20.0 Å². The van der Waals surface area contributed by atoms with E-state index in [0.29, 0.717) is 10.9 Å². The third kappa shape index (κ3) is 4.01. The average Bonchev–Trinajstić information content (AvgIpc) is 3.34. The first-order valence-electron chi connectivity index (χ1n) is 9.01. The Morgan fingerprint density at radius 1 is 1.14 bits per heavy atom. The molecule has 0 aliphatic heterocycles. The van der Waals surface area contributed by atoms with Crippen LogP contribution in [0.3, 0.4) is 0 Å². The molecule has 4 rings (SSSR count). The van der Waals surface area contributed by atoms with Crippen LogP contribution in [0.2, 0.25) is 0 Å². The second-order valence-corrected chi connectivity index (χ2v) is 8.10. The van der Waals surface area contributed by atoms with Crippen molar-refractivity contribution < 1.29 is 4.74 Å². The minimum atomic E-state index is -0.300. The zero-order valence-electron chi connectivity index (χ0n) is 15.9. The van der Waals surface area contributed by atoms with Crippen LogP contribution in [0.15, 0.2) is 57.1 Å². The SMILES string of the molecule is CCc1cccc(-n2nnn(C)c2=O)c1COc1nc(-c2ccc(Br)cc2)cs1. The topological polar surface area (TPSA) is 74.8 Å². The minimum absolute atomic E-state index is 0.287. The second kappa shape index (κ2) is 8.30. The van der Waals surface area contributed by atoms with Gasteiger partial charge in [0, 0.05) is 28.0 Å². The highest BCUT2D eigenvalue weighted by molar-refractivity contribution is 9.10. The largest absolute Gasteiger partial charge is 0.465 e. The maximum Gasteiger partial charge on any atom is 0.368 e. The predicted molar refractivity (Wildman–Crippen MR) is 116 cm³/mol. The van der Waals surface area contributed by atoms with Gasteiger partial charge in [-0.25, -0.2) is 9.78 Å². The van der Waals surface area contributed by atoms with E-state index < -0.39 is 0 Å². The summed E-state index contributed by atoms with van der Waals surface area (Å²) in [5.41, 5.74) is 4.26. The van der Waals surface area contributed by atoms with E-state index >= 15 is 0 Å². The van der Waals surface area contributed by atoms with Crippen LogP contribution in [0.25, 0.3) is 16.9 Å². The molecule has 0 saturated carbocycles. The van der Waals surface area contributed by atoms with E-state index in [2.05, 4.69) is 38.3 Å². The van der Waals surface area contributed by atoms with Crippen molar-refractivity contribution in [2.24, 2.45) is 7.05 Å². The Bertz CT molecular complexity index is 1200. The summed E-state index contributed by atoms with van der Waals surface area (Å²) in [6.45, 7) is 2.35. The molecule has 0 amide bonds. The summed E-state index contributed by atoms with van der Waals surface area (Å²) in [4.78, 5) is 16.9. The molecule has 2 heterocycles. The summed E-state index contributed by atoms with van der Waals surface area (Å²) in [7, 11) is 1.57. The highest BCUT2D eigenvalue weighted by Gasteiger charge is 2.15. The molecule has 0 atom stereocenters. The molecule has 4 aromatic rings. The minimum Gasteiger partial charge on any atom is -0.465 e. The monoisotopic (exact) mass is 471 g/mol. The van der Waals surface area contributed by atoms with Gasteiger partial charge in [0.1, 0.15) is 6.61 Å². The van der Waals surface area contributed by atoms with Gasteiger partial charge in [0.05, 0.1) is 11.4 Å². The van der Waals surface area contributed by atoms with Gasteiger partial charge in [-0.15, -0.1) is 0 Å². The molecule has 0 unspecified atom stereocenters. The molecule has 0 aliphatic rings. The fourth-order valence-corrected chi connectivity index (χ4v) is 3.94. The smallest absolute Gasteiger partial charge is 0.368 e. The molecule has 7 nitrogen and oxygen atoms in total. The molecule has 0 N–H and O–H groups in total. The van der Waals surface area contributed by atoms with Crippen LogP contribution in [0, 0.1) is 0 Å². The van der Waals surface area contributed by atoms with E-state index in [-0.39, 0.29) is 12.3 Å². The maximum absolute atomic E-state index is 12.3. The lowest BCUT2D eigenvalue weighted by Gasteiger charge is -2.13. The Labute approximate surface area is 179 Å². The fraction of sp³-hybridized carbons (Fsp3) is 0.200. The Morgan fingerprint density at radius 3 is 2.62 bits per heavy atom. The maximum atomic E-state index is 12.3. The molecule has 0 bridgehead atoms. The van der Waals surface area contributed by atoms with Crippen LogP contribution in [-0.2, 0) is 20.1 Å². The number of benzene rings is 2. The lowest BCUT2D eigenvalue weighted by molar-refractivity contribution is 0.303. The summed E-state index contributed by atoms with van der Waals surface area (Å²) in [6.07, 6.45) is 0.809. The van der Waals surface area contributed by atoms with Crippen LogP contribution in [0.1, 0.15) is 18.1 Å². The van der Waals surface area contributed by atoms with Crippen LogP contribution < -0.4 is 10.4 Å². The van der Waals surface area contributed by atoms with Crippen molar-refractivity contribution in [1.29, 1.82) is 0 Å². The Kier molecular flexibility index (Phi) is 5.59. The molecule has 0 fully saturated rings. The summed E-state index contributed by atoms with van der Waals surface area (Å²) >= 11 is 4.89. The highest BCUT2D eigenvalue weighted by Crippen LogP contribution is 2.29. The molecule has 9 heteroatoms. The first-order chi connectivity index (χ1) is 14.1. The van der Waals surface area contributed by atoms with E-state index in [4.69, 9.17) is 4.74 Å². The molecule has 29 heavy (non-hydrogen) atoms. The second-order valence-electron chi connectivity index (χ2n) is 6.36. The normalized spacial score (nSPS) is 11.0. The van der Waals surface area contributed by atoms with Gasteiger partial charge in [-0.2, -0.15) is 9.36 Å². The van der Waals surface area contributed by atoms with Crippen molar-refractivity contribution in [2.75, 3.05) is 0 Å². The molecule has 0 aliphatic carbocycles. The zero-order valence-corrected chi connectivity index (χ0v) is 18.3. The fourth-order valence-electron chi connectivity index (χ4n) is 2.99. The van der Waals surface area contributed by atoms with E-state index in [1.165, 1.54) is 20.7 Å². The zero-order chi connectivity index (χ0) is 20.4. The van der Waals surface area contributed by atoms with Crippen LogP contribution >= 0.6 is 27.3 Å². The van der Waals surface area contributed by atoms with Crippen LogP contribution in [-0.4, -0.2) is 24.8 Å². The van der Waals surface area contributed by atoms with Gasteiger partial charge >= 0.3 is 5.69 Å². The van der Waals surface area contributed by atoms with Gasteiger partial charge in [-0.05, 0) is 40.6 Å². The third-order valence-electron chi connectivity index (χ3n) is 4.54. The number of hydrogen-bond acceptors (Lipinski definition) is 6. The number of hydrogen-bond donors (Lipinski definition) is 0. The number of tetrazole rings is 1. The van der Waals surface area contributed by atoms with Crippen molar-refractivity contribution in [3.63, 3.8) is 0 Å². The molecule has 0 spiro atoms. The first-order valence-corrected chi connectivity index (χ1v) is 10.7. The van der Waals surface area contributed by atoms with Gasteiger partial charge in [0.25, 0.3) is 5.19 Å². The summed E-state index contributed by atoms with van der Waals surface area (Å²) in [5, 5.41) is 10.3. The van der Waals surface area contributed by atoms with E-state index in [9.17, 15) is 4.79 Å². The summed E-state index contributed by atoms with van der Waals surface area (Å²) in [6, 6.07) is 13.8. The van der Waals surface area contributed by atoms with E-state index in [1.807, 2.05) is 47.8 Å². The van der Waals surface area contributed by atoms with Gasteiger partial charge in [-0.1, -0.05) is 58.5 Å². The van der Waals surface area contributed by atoms with E-state index in [0.717, 1.165) is 33.3 Å². The number of nitrogens with zero attached hydrogens (tertiary/aromatic N) is 5. The molecule has 148 valence electrons. The van der Waals surface area contributed by atoms with Crippen molar-refractivity contribution in [3.8, 4) is 22.1 Å². The Hall–Kier alpha value is -2.78. The predicted octanol–water partition coefficient (Wildman–Crippen LogP) is 3.99. The standard InChI is InChI=1S/C20H18BrN5O2S/c1-3-13-5-4-6-18(26-20(27)25(2)23-24-26)16(13)11-28-19-22-17(12-29-19)14-7-9-15(21)10-8-14/h4-10,12H,3,11H2,1-2H3. The molecular weight excluding hydrogens is 454 g/mol. The average molecular weight is 472 g/mol. The van der Waals surface area contributed by atoms with Crippen LogP contribution in [0.5, 0.6) is 5.19 Å². The quantitative estimate of drug-likeness (QED) is 0.424. The highest BCUT2D eigenvalue weighted by atomic mass is 79.9. The van der Waals surface area contributed by atoms with Crippen LogP contribution in [0.4, 0.5) is 0 Å². The molecule has 2 aromatic heterocycles. The van der Waals surface area contributed by atoms with Crippen molar-refractivity contribution in [1.82, 2.24) is 24.8 Å². The molecule has 2 aromatic carbocycles. The first kappa shape index (κ1) is 19.5. The molecule has 0 radical (unpaired) electrons. The van der Waals surface area contributed by atoms with Gasteiger partial charge in [0.15, 0.2) is 0 Å². The van der Waals surface area contributed by atoms with Crippen molar-refractivity contribution >= 4 is 27.3 Å². The number of thiazole rings is 1. The van der Waals surface area contributed by atoms with Gasteiger partial charge < -0.3 is 4.74 Å². The van der Waals surface area contributed by atoms with Gasteiger partial charge in [-0.3, -0.25) is 0 Å². The number of aryl methyl sites for hydroxylation is 2. The molecule has 0 saturated heterocycles. The van der Waals surface area contributed by atoms with E-state index in [1.54, 1.807) is 7.05 Å². The number of halogens is 1. The van der Waals surface area contributed by atoms with Crippen molar-refractivity contribution in [3.05, 3.63) is 73.9 Å².